The fraction of sp³-hybridized carbons (Fsp3) is 0.345. The van der Waals surface area contributed by atoms with E-state index in [1.54, 1.807) is 7.11 Å². The molecular formula is C58H59N5O4. The molecule has 67 heavy (non-hydrogen) atoms. The molecule has 0 aromatic heterocycles. The number of methoxy groups -OCH3 is 1. The lowest BCUT2D eigenvalue weighted by molar-refractivity contribution is 0.122. The first kappa shape index (κ1) is 42.9. The molecule has 0 N–H and O–H groups in total. The van der Waals surface area contributed by atoms with Crippen molar-refractivity contribution in [2.45, 2.75) is 76.4 Å². The Morgan fingerprint density at radius 2 is 1.57 bits per heavy atom. The van der Waals surface area contributed by atoms with Crippen molar-refractivity contribution in [3.8, 4) is 39.5 Å². The van der Waals surface area contributed by atoms with Crippen LogP contribution in [0, 0.1) is 5.41 Å². The second-order valence-electron chi connectivity index (χ2n) is 20.1. The van der Waals surface area contributed by atoms with Gasteiger partial charge in [0.1, 0.15) is 17.2 Å². The largest absolute Gasteiger partial charge is 0.497 e. The summed E-state index contributed by atoms with van der Waals surface area (Å²) in [4.78, 5) is 7.97. The van der Waals surface area contributed by atoms with Gasteiger partial charge in [0, 0.05) is 75.0 Å². The third kappa shape index (κ3) is 7.31. The summed E-state index contributed by atoms with van der Waals surface area (Å²) in [5.41, 5.74) is 22.2. The van der Waals surface area contributed by atoms with Crippen molar-refractivity contribution in [1.82, 2.24) is 0 Å². The van der Waals surface area contributed by atoms with E-state index in [9.17, 15) is 0 Å². The molecule has 11 rings (SSSR count). The summed E-state index contributed by atoms with van der Waals surface area (Å²) in [6.07, 6.45) is 11.1. The summed E-state index contributed by atoms with van der Waals surface area (Å²) in [6.45, 7) is 16.2. The highest BCUT2D eigenvalue weighted by Gasteiger charge is 2.52. The van der Waals surface area contributed by atoms with Crippen molar-refractivity contribution >= 4 is 28.2 Å². The first-order valence-electron chi connectivity index (χ1n) is 24.0. The molecule has 0 radical (unpaired) electrons. The zero-order chi connectivity index (χ0) is 45.9. The minimum absolute atomic E-state index is 0.0337. The molecular weight excluding hydrogens is 831 g/mol. The smallest absolute Gasteiger partial charge is 0.178 e. The van der Waals surface area contributed by atoms with Gasteiger partial charge in [-0.1, -0.05) is 97.9 Å². The minimum atomic E-state index is -1.03. The van der Waals surface area contributed by atoms with Crippen LogP contribution < -0.4 is 24.0 Å². The molecule has 1 saturated carbocycles. The van der Waals surface area contributed by atoms with Crippen LogP contribution >= 0.6 is 0 Å². The molecule has 6 aromatic rings. The van der Waals surface area contributed by atoms with Gasteiger partial charge in [-0.3, -0.25) is 0 Å². The van der Waals surface area contributed by atoms with Crippen molar-refractivity contribution in [1.29, 1.82) is 0 Å². The van der Waals surface area contributed by atoms with Crippen LogP contribution in [0.5, 0.6) is 17.2 Å². The molecule has 6 aromatic carbocycles. The molecule has 1 spiro atoms. The third-order valence-corrected chi connectivity index (χ3v) is 15.2. The second kappa shape index (κ2) is 16.9. The molecule has 3 unspecified atom stereocenters. The fourth-order valence-electron chi connectivity index (χ4n) is 12.5. The Morgan fingerprint density at radius 3 is 2.27 bits per heavy atom. The Morgan fingerprint density at radius 1 is 0.836 bits per heavy atom. The number of nitrogens with zero attached hydrogens (tertiary/aromatic N) is 5. The number of rotatable bonds is 9. The standard InChI is InChI=1S/C58H59N5O4/c1-38-34-56(3,4)36-57(35-38)51-12-7-6-11-46(51)53-49-33-52(63-27-9-8-10-39(63)2)48(40-13-19-43(20-14-40)62-28-30-65-31-29-62)32-50(49)55-47(54(53)57)25-26-58(67-55,41-15-21-44(64-5)22-16-41)42-17-23-45(24-18-42)66-37-60-61-59/h6-7,11-26,32-33,39H,1,8-10,27-31,34-37H2,2-5H3. The monoisotopic (exact) mass is 889 g/mol. The van der Waals surface area contributed by atoms with Crippen LogP contribution in [0.25, 0.3) is 49.5 Å². The number of hydrogen-bond acceptors (Lipinski definition) is 7. The highest BCUT2D eigenvalue weighted by Crippen LogP contribution is 2.65. The predicted octanol–water partition coefficient (Wildman–Crippen LogP) is 13.8. The third-order valence-electron chi connectivity index (χ3n) is 15.2. The number of morpholine rings is 1. The Hall–Kier alpha value is -6.67. The van der Waals surface area contributed by atoms with Crippen LogP contribution in [-0.2, 0) is 15.8 Å². The van der Waals surface area contributed by atoms with Gasteiger partial charge in [-0.05, 0) is 144 Å². The lowest BCUT2D eigenvalue weighted by Gasteiger charge is -2.46. The molecule has 2 aliphatic carbocycles. The van der Waals surface area contributed by atoms with Crippen molar-refractivity contribution in [2.24, 2.45) is 10.5 Å². The molecule has 3 atom stereocenters. The summed E-state index contributed by atoms with van der Waals surface area (Å²) in [5.74, 6) is 2.25. The Labute approximate surface area is 394 Å². The number of anilines is 2. The van der Waals surface area contributed by atoms with Gasteiger partial charge in [-0.25, -0.2) is 0 Å². The van der Waals surface area contributed by atoms with E-state index in [-0.39, 0.29) is 17.6 Å². The molecule has 2 saturated heterocycles. The second-order valence-corrected chi connectivity index (χ2v) is 20.1. The zero-order valence-corrected chi connectivity index (χ0v) is 39.2. The van der Waals surface area contributed by atoms with Gasteiger partial charge in [0.05, 0.1) is 20.3 Å². The maximum absolute atomic E-state index is 8.91. The lowest BCUT2D eigenvalue weighted by atomic mass is 9.57. The molecule has 3 fully saturated rings. The summed E-state index contributed by atoms with van der Waals surface area (Å²) < 4.78 is 25.1. The van der Waals surface area contributed by atoms with Crippen molar-refractivity contribution in [2.75, 3.05) is 56.5 Å². The van der Waals surface area contributed by atoms with E-state index in [1.165, 1.54) is 62.1 Å². The van der Waals surface area contributed by atoms with Gasteiger partial charge in [0.25, 0.3) is 0 Å². The molecule has 5 aliphatic rings. The number of azide groups is 1. The number of benzene rings is 6. The molecule has 0 amide bonds. The van der Waals surface area contributed by atoms with E-state index in [4.69, 9.17) is 31.1 Å². The summed E-state index contributed by atoms with van der Waals surface area (Å²) in [6, 6.07) is 40.0. The van der Waals surface area contributed by atoms with E-state index in [0.717, 1.165) is 98.5 Å². The Kier molecular flexibility index (Phi) is 10.8. The number of ether oxygens (including phenoxy) is 4. The van der Waals surface area contributed by atoms with E-state index in [2.05, 4.69) is 138 Å². The van der Waals surface area contributed by atoms with Crippen LogP contribution in [0.4, 0.5) is 11.4 Å². The van der Waals surface area contributed by atoms with Crippen LogP contribution in [-0.4, -0.2) is 52.7 Å². The quantitative estimate of drug-likeness (QED) is 0.0621. The SMILES string of the molecule is C=C1CC(C)(C)CC2(C1)c1ccccc1-c1c2c2c(c3cc(-c4ccc(N5CCOCC5)cc4)c(N4CCCCC4C)cc13)OC(c1ccc(OC)cc1)(c1ccc(OCN=[N+]=[N-])cc1)C=C2. The molecule has 3 aliphatic heterocycles. The number of hydrogen-bond donors (Lipinski definition) is 0. The maximum Gasteiger partial charge on any atom is 0.178 e. The van der Waals surface area contributed by atoms with Crippen molar-refractivity contribution in [3.63, 3.8) is 0 Å². The molecule has 9 nitrogen and oxygen atoms in total. The van der Waals surface area contributed by atoms with Crippen molar-refractivity contribution in [3.05, 3.63) is 166 Å². The van der Waals surface area contributed by atoms with Gasteiger partial charge in [0.2, 0.25) is 0 Å². The molecule has 0 bridgehead atoms. The first-order valence-corrected chi connectivity index (χ1v) is 24.0. The zero-order valence-electron chi connectivity index (χ0n) is 39.2. The molecule has 3 heterocycles. The van der Waals surface area contributed by atoms with Gasteiger partial charge < -0.3 is 28.7 Å². The van der Waals surface area contributed by atoms with E-state index >= 15 is 0 Å². The molecule has 9 heteroatoms. The average molecular weight is 890 g/mol. The summed E-state index contributed by atoms with van der Waals surface area (Å²) >= 11 is 0. The maximum atomic E-state index is 8.91. The van der Waals surface area contributed by atoms with E-state index in [0.29, 0.717) is 11.8 Å². The highest BCUT2D eigenvalue weighted by atomic mass is 16.5. The van der Waals surface area contributed by atoms with Crippen LogP contribution in [0.15, 0.2) is 133 Å². The summed E-state index contributed by atoms with van der Waals surface area (Å²) in [7, 11) is 1.70. The predicted molar refractivity (Wildman–Crippen MR) is 271 cm³/mol. The average Bonchev–Trinajstić information content (AvgIpc) is 3.61. The number of fused-ring (bicyclic) bond motifs is 10. The number of allylic oxidation sites excluding steroid dienone is 1. The van der Waals surface area contributed by atoms with Crippen LogP contribution in [0.2, 0.25) is 0 Å². The van der Waals surface area contributed by atoms with Gasteiger partial charge in [0.15, 0.2) is 12.3 Å². The van der Waals surface area contributed by atoms with E-state index in [1.807, 2.05) is 24.3 Å². The fourth-order valence-corrected chi connectivity index (χ4v) is 12.5. The van der Waals surface area contributed by atoms with Crippen LogP contribution in [0.1, 0.15) is 87.1 Å². The Bertz CT molecular complexity index is 2970. The minimum Gasteiger partial charge on any atom is -0.497 e. The highest BCUT2D eigenvalue weighted by molar-refractivity contribution is 6.12. The topological polar surface area (TPSA) is 92.2 Å². The lowest BCUT2D eigenvalue weighted by Crippen LogP contribution is -2.39. The number of piperidine rings is 1. The van der Waals surface area contributed by atoms with Gasteiger partial charge in [-0.2, -0.15) is 0 Å². The van der Waals surface area contributed by atoms with Crippen molar-refractivity contribution < 1.29 is 18.9 Å². The molecule has 340 valence electrons. The van der Waals surface area contributed by atoms with Gasteiger partial charge in [-0.15, -0.1) is 0 Å². The van der Waals surface area contributed by atoms with Gasteiger partial charge >= 0.3 is 0 Å². The van der Waals surface area contributed by atoms with E-state index < -0.39 is 5.60 Å². The Balaban J connectivity index is 1.20. The summed E-state index contributed by atoms with van der Waals surface area (Å²) in [5, 5.41) is 5.90. The normalized spacial score (nSPS) is 22.7. The van der Waals surface area contributed by atoms with Crippen LogP contribution in [0.3, 0.4) is 0 Å². The first-order chi connectivity index (χ1) is 32.6.